The number of rotatable bonds is 5. The Bertz CT molecular complexity index is 720. The molecular formula is C17H19O5P. The van der Waals surface area contributed by atoms with Gasteiger partial charge in [-0.05, 0) is 42.7 Å². The topological polar surface area (TPSA) is 72.8 Å². The Morgan fingerprint density at radius 2 is 1.61 bits per heavy atom. The van der Waals surface area contributed by atoms with Gasteiger partial charge in [0, 0.05) is 0 Å². The molecule has 0 amide bonds. The molecule has 0 saturated carbocycles. The second kappa shape index (κ2) is 6.99. The van der Waals surface area contributed by atoms with Crippen molar-refractivity contribution >= 4 is 13.8 Å². The molecule has 0 aromatic heterocycles. The van der Waals surface area contributed by atoms with Crippen molar-refractivity contribution in [3.05, 3.63) is 65.2 Å². The summed E-state index contributed by atoms with van der Waals surface area (Å²) in [6.45, 7) is 5.95. The van der Waals surface area contributed by atoms with Gasteiger partial charge in [0.05, 0.1) is 5.56 Å². The summed E-state index contributed by atoms with van der Waals surface area (Å²) in [6.07, 6.45) is 0. The second-order valence-electron chi connectivity index (χ2n) is 5.53. The molecule has 0 heterocycles. The van der Waals surface area contributed by atoms with Crippen molar-refractivity contribution in [1.82, 2.24) is 0 Å². The van der Waals surface area contributed by atoms with Crippen LogP contribution in [0.2, 0.25) is 0 Å². The summed E-state index contributed by atoms with van der Waals surface area (Å²) in [7, 11) is -4.54. The Balaban J connectivity index is 2.05. The maximum absolute atomic E-state index is 11.9. The molecule has 0 spiro atoms. The third kappa shape index (κ3) is 4.95. The van der Waals surface area contributed by atoms with Crippen LogP contribution < -0.4 is 4.52 Å². The first-order valence-corrected chi connectivity index (χ1v) is 8.69. The van der Waals surface area contributed by atoms with E-state index < -0.39 is 13.8 Å². The Morgan fingerprint density at radius 1 is 1.04 bits per heavy atom. The lowest BCUT2D eigenvalue weighted by Gasteiger charge is -2.13. The van der Waals surface area contributed by atoms with Crippen LogP contribution in [0.3, 0.4) is 0 Å². The Labute approximate surface area is 135 Å². The summed E-state index contributed by atoms with van der Waals surface area (Å²) in [5.74, 6) is -0.407. The van der Waals surface area contributed by atoms with Crippen LogP contribution in [0.1, 0.15) is 41.3 Å². The molecule has 1 atom stereocenters. The molecule has 0 fully saturated rings. The van der Waals surface area contributed by atoms with E-state index in [4.69, 9.17) is 4.52 Å². The minimum atomic E-state index is -4.54. The van der Waals surface area contributed by atoms with Gasteiger partial charge in [-0.15, -0.1) is 0 Å². The molecule has 2 aromatic carbocycles. The Hall–Kier alpha value is -2.10. The van der Waals surface area contributed by atoms with Gasteiger partial charge in [-0.25, -0.2) is 9.36 Å². The fourth-order valence-electron chi connectivity index (χ4n) is 1.91. The molecule has 0 bridgehead atoms. The summed E-state index contributed by atoms with van der Waals surface area (Å²) in [4.78, 5) is 21.6. The molecule has 1 N–H and O–H groups in total. The molecule has 5 nitrogen and oxygen atoms in total. The molecule has 6 heteroatoms. The predicted molar refractivity (Wildman–Crippen MR) is 87.6 cm³/mol. The average molecular weight is 334 g/mol. The quantitative estimate of drug-likeness (QED) is 0.818. The summed E-state index contributed by atoms with van der Waals surface area (Å²) in [5, 5.41) is 0. The molecule has 122 valence electrons. The third-order valence-corrected chi connectivity index (χ3v) is 4.09. The SMILES string of the molecule is Cc1ccc(C(=O)OP(=O)(O)Oc2ccc(C(C)C)cc2)cc1. The monoisotopic (exact) mass is 334 g/mol. The number of aryl methyl sites for hydroxylation is 1. The molecular weight excluding hydrogens is 315 g/mol. The normalized spacial score (nSPS) is 13.4. The molecule has 0 aliphatic heterocycles. The number of hydrogen-bond donors (Lipinski definition) is 1. The van der Waals surface area contributed by atoms with Crippen molar-refractivity contribution in [2.45, 2.75) is 26.7 Å². The Morgan fingerprint density at radius 3 is 2.13 bits per heavy atom. The minimum Gasteiger partial charge on any atom is -0.395 e. The van der Waals surface area contributed by atoms with Gasteiger partial charge in [0.1, 0.15) is 5.75 Å². The van der Waals surface area contributed by atoms with Crippen LogP contribution in [0, 0.1) is 6.92 Å². The first-order valence-electron chi connectivity index (χ1n) is 7.20. The van der Waals surface area contributed by atoms with Crippen LogP contribution in [-0.2, 0) is 9.09 Å². The Kier molecular flexibility index (Phi) is 5.24. The summed E-state index contributed by atoms with van der Waals surface area (Å²) < 4.78 is 21.5. The van der Waals surface area contributed by atoms with Crippen LogP contribution >= 0.6 is 7.82 Å². The van der Waals surface area contributed by atoms with Gasteiger partial charge >= 0.3 is 13.8 Å². The first-order chi connectivity index (χ1) is 10.8. The fraction of sp³-hybridized carbons (Fsp3) is 0.235. The maximum atomic E-state index is 11.9. The highest BCUT2D eigenvalue weighted by Crippen LogP contribution is 2.44. The molecule has 0 saturated heterocycles. The molecule has 0 radical (unpaired) electrons. The van der Waals surface area contributed by atoms with Crippen molar-refractivity contribution in [3.8, 4) is 5.75 Å². The van der Waals surface area contributed by atoms with E-state index in [2.05, 4.69) is 4.52 Å². The van der Waals surface area contributed by atoms with E-state index in [1.165, 1.54) is 12.1 Å². The van der Waals surface area contributed by atoms with Gasteiger partial charge < -0.3 is 9.05 Å². The molecule has 2 rings (SSSR count). The maximum Gasteiger partial charge on any atom is 0.587 e. The number of hydrogen-bond acceptors (Lipinski definition) is 4. The fourth-order valence-corrected chi connectivity index (χ4v) is 2.65. The van der Waals surface area contributed by atoms with E-state index in [-0.39, 0.29) is 11.3 Å². The zero-order chi connectivity index (χ0) is 17.0. The molecule has 0 aliphatic carbocycles. The number of carbonyl (C=O) groups excluding carboxylic acids is 1. The summed E-state index contributed by atoms with van der Waals surface area (Å²) in [6, 6.07) is 13.2. The number of carbonyl (C=O) groups is 1. The predicted octanol–water partition coefficient (Wildman–Crippen LogP) is 4.45. The summed E-state index contributed by atoms with van der Waals surface area (Å²) >= 11 is 0. The van der Waals surface area contributed by atoms with E-state index in [1.807, 2.05) is 20.8 Å². The van der Waals surface area contributed by atoms with Gasteiger partial charge in [0.2, 0.25) is 0 Å². The van der Waals surface area contributed by atoms with Crippen LogP contribution in [-0.4, -0.2) is 10.9 Å². The van der Waals surface area contributed by atoms with Crippen LogP contribution in [0.5, 0.6) is 5.75 Å². The smallest absolute Gasteiger partial charge is 0.395 e. The average Bonchev–Trinajstić information content (AvgIpc) is 2.47. The van der Waals surface area contributed by atoms with Crippen LogP contribution in [0.15, 0.2) is 48.5 Å². The van der Waals surface area contributed by atoms with Crippen molar-refractivity contribution < 1.29 is 23.3 Å². The number of phosphoric ester groups is 1. The van der Waals surface area contributed by atoms with Gasteiger partial charge in [0.15, 0.2) is 0 Å². The molecule has 23 heavy (non-hydrogen) atoms. The first kappa shape index (κ1) is 17.3. The lowest BCUT2D eigenvalue weighted by Crippen LogP contribution is -2.06. The van der Waals surface area contributed by atoms with Crippen molar-refractivity contribution in [3.63, 3.8) is 0 Å². The number of benzene rings is 2. The van der Waals surface area contributed by atoms with E-state index >= 15 is 0 Å². The van der Waals surface area contributed by atoms with Crippen LogP contribution in [0.25, 0.3) is 0 Å². The third-order valence-electron chi connectivity index (χ3n) is 3.25. The highest BCUT2D eigenvalue weighted by molar-refractivity contribution is 7.48. The van der Waals surface area contributed by atoms with Crippen molar-refractivity contribution in [1.29, 1.82) is 0 Å². The van der Waals surface area contributed by atoms with E-state index in [0.717, 1.165) is 11.1 Å². The summed E-state index contributed by atoms with van der Waals surface area (Å²) in [5.41, 5.74) is 2.22. The van der Waals surface area contributed by atoms with E-state index in [9.17, 15) is 14.3 Å². The van der Waals surface area contributed by atoms with Gasteiger partial charge in [0.25, 0.3) is 0 Å². The lowest BCUT2D eigenvalue weighted by molar-refractivity contribution is 0.0683. The molecule has 0 aliphatic rings. The van der Waals surface area contributed by atoms with Crippen molar-refractivity contribution in [2.75, 3.05) is 0 Å². The van der Waals surface area contributed by atoms with Gasteiger partial charge in [-0.2, -0.15) is 0 Å². The number of phosphoric acid groups is 1. The van der Waals surface area contributed by atoms with E-state index in [1.54, 1.807) is 36.4 Å². The van der Waals surface area contributed by atoms with Crippen molar-refractivity contribution in [2.24, 2.45) is 0 Å². The standard InChI is InChI=1S/C17H19O5P/c1-12(2)14-8-10-16(11-9-14)21-23(19,20)22-17(18)15-6-4-13(3)5-7-15/h4-12H,1-3H3,(H,19,20). The second-order valence-corrected chi connectivity index (χ2v) is 6.83. The highest BCUT2D eigenvalue weighted by Gasteiger charge is 2.28. The zero-order valence-electron chi connectivity index (χ0n) is 13.2. The zero-order valence-corrected chi connectivity index (χ0v) is 14.1. The largest absolute Gasteiger partial charge is 0.587 e. The lowest BCUT2D eigenvalue weighted by atomic mass is 10.0. The van der Waals surface area contributed by atoms with E-state index in [0.29, 0.717) is 5.92 Å². The van der Waals surface area contributed by atoms with Gasteiger partial charge in [-0.1, -0.05) is 43.7 Å². The van der Waals surface area contributed by atoms with Crippen LogP contribution in [0.4, 0.5) is 0 Å². The highest BCUT2D eigenvalue weighted by atomic mass is 31.2. The molecule has 1 unspecified atom stereocenters. The van der Waals surface area contributed by atoms with Gasteiger partial charge in [-0.3, -0.25) is 4.89 Å². The molecule has 2 aromatic rings. The minimum absolute atomic E-state index is 0.164.